The van der Waals surface area contributed by atoms with Crippen molar-refractivity contribution in [1.29, 1.82) is 0 Å². The summed E-state index contributed by atoms with van der Waals surface area (Å²) >= 11 is 3.18. The van der Waals surface area contributed by atoms with Gasteiger partial charge in [-0.3, -0.25) is 4.79 Å². The number of aliphatic hydroxyl groups is 1. The summed E-state index contributed by atoms with van der Waals surface area (Å²) in [6, 6.07) is 1.72. The number of nitrogens with one attached hydrogen (secondary N) is 1. The third kappa shape index (κ3) is 3.36. The number of halogens is 1. The number of amides is 1. The highest BCUT2D eigenvalue weighted by atomic mass is 79.9. The minimum Gasteiger partial charge on any atom is -0.457 e. The molecule has 100 valence electrons. The number of carbonyl (C=O) groups is 1. The average Bonchev–Trinajstić information content (AvgIpc) is 2.67. The smallest absolute Gasteiger partial charge is 0.254 e. The van der Waals surface area contributed by atoms with Crippen molar-refractivity contribution in [3.63, 3.8) is 0 Å². The summed E-state index contributed by atoms with van der Waals surface area (Å²) in [6.45, 7) is 0.139. The van der Waals surface area contributed by atoms with Crippen LogP contribution in [0.5, 0.6) is 0 Å². The van der Waals surface area contributed by atoms with Crippen molar-refractivity contribution >= 4 is 21.8 Å². The molecule has 2 rings (SSSR count). The summed E-state index contributed by atoms with van der Waals surface area (Å²) in [5, 5.41) is 12.4. The lowest BCUT2D eigenvalue weighted by molar-refractivity contribution is 0.0899. The lowest BCUT2D eigenvalue weighted by Gasteiger charge is -2.24. The van der Waals surface area contributed by atoms with E-state index in [1.165, 1.54) is 12.7 Å². The third-order valence-corrected chi connectivity index (χ3v) is 3.96. The Morgan fingerprint density at radius 2 is 2.22 bits per heavy atom. The largest absolute Gasteiger partial charge is 0.457 e. The van der Waals surface area contributed by atoms with Crippen LogP contribution in [-0.4, -0.2) is 23.7 Å². The van der Waals surface area contributed by atoms with Gasteiger partial charge in [0.25, 0.3) is 5.91 Å². The van der Waals surface area contributed by atoms with Crippen molar-refractivity contribution in [2.75, 3.05) is 6.61 Å². The van der Waals surface area contributed by atoms with Gasteiger partial charge >= 0.3 is 0 Å². The highest BCUT2D eigenvalue weighted by molar-refractivity contribution is 9.10. The molecule has 0 radical (unpaired) electrons. The molecule has 2 N–H and O–H groups in total. The number of hydrogen-bond donors (Lipinski definition) is 2. The number of rotatable bonds is 3. The topological polar surface area (TPSA) is 62.5 Å². The molecule has 1 heterocycles. The molecule has 2 atom stereocenters. The van der Waals surface area contributed by atoms with Crippen LogP contribution >= 0.6 is 15.9 Å². The van der Waals surface area contributed by atoms with E-state index in [0.29, 0.717) is 10.2 Å². The average molecular weight is 316 g/mol. The quantitative estimate of drug-likeness (QED) is 0.843. The molecule has 0 aromatic carbocycles. The Hall–Kier alpha value is -0.810. The first-order valence-electron chi connectivity index (χ1n) is 6.36. The lowest BCUT2D eigenvalue weighted by Crippen LogP contribution is -2.41. The summed E-state index contributed by atoms with van der Waals surface area (Å²) in [5.74, 6) is 0.0431. The molecule has 0 bridgehead atoms. The number of furan rings is 1. The van der Waals surface area contributed by atoms with Gasteiger partial charge in [0, 0.05) is 24.6 Å². The number of carbonyl (C=O) groups excluding carboxylic acids is 1. The SMILES string of the molecule is O=C(NC1CCCCCC1CO)c1coc(Br)c1. The first-order chi connectivity index (χ1) is 8.70. The minimum absolute atomic E-state index is 0.0682. The van der Waals surface area contributed by atoms with Gasteiger partial charge in [-0.25, -0.2) is 0 Å². The molecule has 0 spiro atoms. The Balaban J connectivity index is 1.99. The predicted molar refractivity (Wildman–Crippen MR) is 71.3 cm³/mol. The van der Waals surface area contributed by atoms with Crippen molar-refractivity contribution < 1.29 is 14.3 Å². The number of hydrogen-bond acceptors (Lipinski definition) is 3. The van der Waals surface area contributed by atoms with E-state index in [0.717, 1.165) is 25.7 Å². The predicted octanol–water partition coefficient (Wildman–Crippen LogP) is 2.71. The van der Waals surface area contributed by atoms with E-state index in [2.05, 4.69) is 21.2 Å². The minimum atomic E-state index is -0.130. The van der Waals surface area contributed by atoms with Crippen LogP contribution in [-0.2, 0) is 0 Å². The maximum Gasteiger partial charge on any atom is 0.254 e. The standard InChI is InChI=1S/C13H18BrNO3/c14-12-6-10(8-18-12)13(17)15-11-5-3-1-2-4-9(11)7-16/h6,8-9,11,16H,1-5,7H2,(H,15,17). The van der Waals surface area contributed by atoms with Gasteiger partial charge in [0.15, 0.2) is 4.67 Å². The summed E-state index contributed by atoms with van der Waals surface area (Å²) in [5.41, 5.74) is 0.516. The van der Waals surface area contributed by atoms with Crippen molar-refractivity contribution in [3.05, 3.63) is 22.6 Å². The van der Waals surface area contributed by atoms with E-state index in [9.17, 15) is 9.90 Å². The summed E-state index contributed by atoms with van der Waals surface area (Å²) in [6.07, 6.45) is 6.78. The highest BCUT2D eigenvalue weighted by Crippen LogP contribution is 2.24. The van der Waals surface area contributed by atoms with Crippen molar-refractivity contribution in [2.24, 2.45) is 5.92 Å². The fourth-order valence-corrected chi connectivity index (χ4v) is 2.81. The second-order valence-corrected chi connectivity index (χ2v) is 5.58. The number of aliphatic hydroxyl groups excluding tert-OH is 1. The molecule has 5 heteroatoms. The molecule has 2 unspecified atom stereocenters. The van der Waals surface area contributed by atoms with Gasteiger partial charge in [0.2, 0.25) is 0 Å². The van der Waals surface area contributed by atoms with Crippen LogP contribution in [0.15, 0.2) is 21.4 Å². The van der Waals surface area contributed by atoms with Crippen LogP contribution < -0.4 is 5.32 Å². The van der Waals surface area contributed by atoms with E-state index in [1.807, 2.05) is 0 Å². The molecular formula is C13H18BrNO3. The van der Waals surface area contributed by atoms with Crippen LogP contribution in [0.1, 0.15) is 42.5 Å². The van der Waals surface area contributed by atoms with Gasteiger partial charge in [-0.2, -0.15) is 0 Å². The molecular weight excluding hydrogens is 298 g/mol. The highest BCUT2D eigenvalue weighted by Gasteiger charge is 2.25. The molecule has 1 fully saturated rings. The van der Waals surface area contributed by atoms with E-state index < -0.39 is 0 Å². The molecule has 0 aliphatic heterocycles. The molecule has 1 amide bonds. The van der Waals surface area contributed by atoms with Gasteiger partial charge in [-0.1, -0.05) is 19.3 Å². The maximum absolute atomic E-state index is 12.0. The maximum atomic E-state index is 12.0. The zero-order chi connectivity index (χ0) is 13.0. The fourth-order valence-electron chi connectivity index (χ4n) is 2.47. The van der Waals surface area contributed by atoms with Gasteiger partial charge in [-0.05, 0) is 28.8 Å². The first kappa shape index (κ1) is 13.6. The first-order valence-corrected chi connectivity index (χ1v) is 7.15. The molecule has 1 saturated carbocycles. The van der Waals surface area contributed by atoms with Crippen LogP contribution in [0.2, 0.25) is 0 Å². The zero-order valence-electron chi connectivity index (χ0n) is 10.2. The Kier molecular flexibility index (Phi) is 4.83. The Morgan fingerprint density at radius 3 is 2.89 bits per heavy atom. The van der Waals surface area contributed by atoms with Crippen LogP contribution in [0.25, 0.3) is 0 Å². The summed E-state index contributed by atoms with van der Waals surface area (Å²) in [7, 11) is 0. The van der Waals surface area contributed by atoms with E-state index >= 15 is 0 Å². The van der Waals surface area contributed by atoms with Gasteiger partial charge in [-0.15, -0.1) is 0 Å². The van der Waals surface area contributed by atoms with Crippen molar-refractivity contribution in [3.8, 4) is 0 Å². The van der Waals surface area contributed by atoms with Gasteiger partial charge < -0.3 is 14.8 Å². The lowest BCUT2D eigenvalue weighted by atomic mass is 9.95. The van der Waals surface area contributed by atoms with Crippen molar-refractivity contribution in [2.45, 2.75) is 38.1 Å². The zero-order valence-corrected chi connectivity index (χ0v) is 11.8. The second kappa shape index (κ2) is 6.38. The molecule has 18 heavy (non-hydrogen) atoms. The second-order valence-electron chi connectivity index (χ2n) is 4.80. The Labute approximate surface area is 115 Å². The molecule has 0 saturated heterocycles. The van der Waals surface area contributed by atoms with Gasteiger partial charge in [0.05, 0.1) is 5.56 Å². The third-order valence-electron chi connectivity index (χ3n) is 3.54. The van der Waals surface area contributed by atoms with Crippen LogP contribution in [0.3, 0.4) is 0 Å². The summed E-state index contributed by atoms with van der Waals surface area (Å²) < 4.78 is 5.61. The fraction of sp³-hybridized carbons (Fsp3) is 0.615. The summed E-state index contributed by atoms with van der Waals surface area (Å²) in [4.78, 5) is 12.0. The van der Waals surface area contributed by atoms with Crippen molar-refractivity contribution in [1.82, 2.24) is 5.32 Å². The monoisotopic (exact) mass is 315 g/mol. The van der Waals surface area contributed by atoms with Crippen LogP contribution in [0.4, 0.5) is 0 Å². The van der Waals surface area contributed by atoms with E-state index in [4.69, 9.17) is 4.42 Å². The molecule has 1 aromatic rings. The molecule has 1 aliphatic carbocycles. The van der Waals surface area contributed by atoms with E-state index in [1.54, 1.807) is 6.07 Å². The van der Waals surface area contributed by atoms with E-state index in [-0.39, 0.29) is 24.5 Å². The Morgan fingerprint density at radius 1 is 1.44 bits per heavy atom. The normalized spacial score (nSPS) is 24.6. The van der Waals surface area contributed by atoms with Crippen LogP contribution in [0, 0.1) is 5.92 Å². The van der Waals surface area contributed by atoms with Gasteiger partial charge in [0.1, 0.15) is 6.26 Å². The molecule has 4 nitrogen and oxygen atoms in total. The Bertz CT molecular complexity index is 405. The molecule has 1 aromatic heterocycles. The molecule has 1 aliphatic rings.